The predicted molar refractivity (Wildman–Crippen MR) is 84.9 cm³/mol. The van der Waals surface area contributed by atoms with Crippen molar-refractivity contribution in [3.63, 3.8) is 0 Å². The Hall–Kier alpha value is -3.21. The van der Waals surface area contributed by atoms with Gasteiger partial charge in [-0.1, -0.05) is 30.3 Å². The van der Waals surface area contributed by atoms with E-state index in [1.165, 1.54) is 6.33 Å². The second-order valence-electron chi connectivity index (χ2n) is 4.91. The molecule has 0 atom stereocenters. The summed E-state index contributed by atoms with van der Waals surface area (Å²) < 4.78 is 1.91. The number of hydrogen-bond acceptors (Lipinski definition) is 3. The van der Waals surface area contributed by atoms with E-state index in [0.717, 1.165) is 16.8 Å². The van der Waals surface area contributed by atoms with Gasteiger partial charge in [0.05, 0.1) is 17.4 Å². The lowest BCUT2D eigenvalue weighted by atomic mass is 10.1. The summed E-state index contributed by atoms with van der Waals surface area (Å²) in [5.41, 5.74) is 3.26. The highest BCUT2D eigenvalue weighted by Crippen LogP contribution is 2.28. The summed E-state index contributed by atoms with van der Waals surface area (Å²) in [6.07, 6.45) is 6.81. The average Bonchev–Trinajstić information content (AvgIpc) is 2.98. The van der Waals surface area contributed by atoms with Crippen molar-refractivity contribution in [2.24, 2.45) is 0 Å². The van der Waals surface area contributed by atoms with Gasteiger partial charge in [-0.15, -0.1) is 0 Å². The highest BCUT2D eigenvalue weighted by atomic mass is 16.1. The normalized spacial score (nSPS) is 10.9. The van der Waals surface area contributed by atoms with Gasteiger partial charge in [-0.2, -0.15) is 0 Å². The Morgan fingerprint density at radius 1 is 1.00 bits per heavy atom. The molecule has 0 amide bonds. The summed E-state index contributed by atoms with van der Waals surface area (Å²) in [7, 11) is 0. The molecule has 0 bridgehead atoms. The van der Waals surface area contributed by atoms with Crippen molar-refractivity contribution in [3.8, 4) is 16.8 Å². The van der Waals surface area contributed by atoms with E-state index in [-0.39, 0.29) is 5.56 Å². The number of nitrogens with one attached hydrogen (secondary N) is 1. The van der Waals surface area contributed by atoms with Crippen molar-refractivity contribution < 1.29 is 0 Å². The number of aromatic amines is 1. The molecule has 3 aromatic heterocycles. The summed E-state index contributed by atoms with van der Waals surface area (Å²) in [4.78, 5) is 23.3. The SMILES string of the molecule is O=c1[nH]cnc2c1c(-c1ccccc1)cn2-c1ccncc1. The molecule has 0 saturated heterocycles. The fourth-order valence-corrected chi connectivity index (χ4v) is 2.61. The standard InChI is InChI=1S/C17H12N4O/c22-17-15-14(12-4-2-1-3-5-12)10-21(16(15)19-11-20-17)13-6-8-18-9-7-13/h1-11H,(H,19,20,22). The highest BCUT2D eigenvalue weighted by Gasteiger charge is 2.15. The highest BCUT2D eigenvalue weighted by molar-refractivity contribution is 5.94. The first-order chi connectivity index (χ1) is 10.8. The molecule has 5 heteroatoms. The molecule has 1 N–H and O–H groups in total. The molecule has 4 rings (SSSR count). The van der Waals surface area contributed by atoms with Crippen LogP contribution in [0.1, 0.15) is 0 Å². The van der Waals surface area contributed by atoms with Gasteiger partial charge < -0.3 is 9.55 Å². The average molecular weight is 288 g/mol. The molecule has 4 aromatic rings. The molecular formula is C17H12N4O. The van der Waals surface area contributed by atoms with Crippen molar-refractivity contribution in [2.45, 2.75) is 0 Å². The maximum atomic E-state index is 12.3. The van der Waals surface area contributed by atoms with Crippen LogP contribution in [0.3, 0.4) is 0 Å². The maximum absolute atomic E-state index is 12.3. The number of benzene rings is 1. The topological polar surface area (TPSA) is 63.6 Å². The molecule has 0 unspecified atom stereocenters. The van der Waals surface area contributed by atoms with Gasteiger partial charge in [-0.3, -0.25) is 9.78 Å². The Bertz CT molecular complexity index is 988. The number of nitrogens with zero attached hydrogens (tertiary/aromatic N) is 3. The summed E-state index contributed by atoms with van der Waals surface area (Å²) in [5, 5.41) is 0.588. The summed E-state index contributed by atoms with van der Waals surface area (Å²) in [6.45, 7) is 0. The quantitative estimate of drug-likeness (QED) is 0.617. The zero-order valence-corrected chi connectivity index (χ0v) is 11.6. The maximum Gasteiger partial charge on any atom is 0.260 e. The predicted octanol–water partition coefficient (Wildman–Crippen LogP) is 2.78. The lowest BCUT2D eigenvalue weighted by molar-refractivity contribution is 1.06. The van der Waals surface area contributed by atoms with Crippen LogP contribution >= 0.6 is 0 Å². The largest absolute Gasteiger partial charge is 0.312 e. The molecule has 1 aromatic carbocycles. The van der Waals surface area contributed by atoms with E-state index in [4.69, 9.17) is 0 Å². The molecule has 0 fully saturated rings. The molecule has 3 heterocycles. The molecule has 5 nitrogen and oxygen atoms in total. The second-order valence-corrected chi connectivity index (χ2v) is 4.91. The lowest BCUT2D eigenvalue weighted by Gasteiger charge is -2.02. The van der Waals surface area contributed by atoms with Gasteiger partial charge in [-0.05, 0) is 17.7 Å². The zero-order valence-electron chi connectivity index (χ0n) is 11.6. The number of hydrogen-bond donors (Lipinski definition) is 1. The van der Waals surface area contributed by atoms with Crippen molar-refractivity contribution >= 4 is 11.0 Å². The van der Waals surface area contributed by atoms with Gasteiger partial charge in [-0.25, -0.2) is 4.98 Å². The van der Waals surface area contributed by atoms with Gasteiger partial charge in [0.1, 0.15) is 0 Å². The lowest BCUT2D eigenvalue weighted by Crippen LogP contribution is -2.07. The monoisotopic (exact) mass is 288 g/mol. The van der Waals surface area contributed by atoms with E-state index >= 15 is 0 Å². The van der Waals surface area contributed by atoms with Crippen LogP contribution in [0.5, 0.6) is 0 Å². The molecule has 106 valence electrons. The van der Waals surface area contributed by atoms with Crippen LogP contribution in [0.4, 0.5) is 0 Å². The second kappa shape index (κ2) is 4.96. The fourth-order valence-electron chi connectivity index (χ4n) is 2.61. The Morgan fingerprint density at radius 2 is 1.77 bits per heavy atom. The number of rotatable bonds is 2. The van der Waals surface area contributed by atoms with Crippen molar-refractivity contribution in [2.75, 3.05) is 0 Å². The minimum absolute atomic E-state index is 0.142. The third-order valence-electron chi connectivity index (χ3n) is 3.61. The fraction of sp³-hybridized carbons (Fsp3) is 0. The van der Waals surface area contributed by atoms with Crippen LogP contribution in [0.2, 0.25) is 0 Å². The van der Waals surface area contributed by atoms with E-state index < -0.39 is 0 Å². The van der Waals surface area contributed by atoms with Gasteiger partial charge in [0, 0.05) is 24.2 Å². The number of H-pyrrole nitrogens is 1. The van der Waals surface area contributed by atoms with Gasteiger partial charge in [0.25, 0.3) is 5.56 Å². The van der Waals surface area contributed by atoms with Gasteiger partial charge in [0.2, 0.25) is 0 Å². The van der Waals surface area contributed by atoms with Crippen LogP contribution in [-0.2, 0) is 0 Å². The summed E-state index contributed by atoms with van der Waals surface area (Å²) >= 11 is 0. The molecule has 0 saturated carbocycles. The Balaban J connectivity index is 2.09. The summed E-state index contributed by atoms with van der Waals surface area (Å²) in [6, 6.07) is 13.6. The molecule has 0 aliphatic carbocycles. The first-order valence-corrected chi connectivity index (χ1v) is 6.89. The Morgan fingerprint density at radius 3 is 2.55 bits per heavy atom. The molecule has 0 spiro atoms. The van der Waals surface area contributed by atoms with E-state index in [2.05, 4.69) is 15.0 Å². The minimum atomic E-state index is -0.142. The van der Waals surface area contributed by atoms with Crippen LogP contribution in [0.25, 0.3) is 27.8 Å². The van der Waals surface area contributed by atoms with Crippen molar-refractivity contribution in [3.05, 3.63) is 77.7 Å². The van der Waals surface area contributed by atoms with Gasteiger partial charge in [0.15, 0.2) is 5.65 Å². The molecule has 22 heavy (non-hydrogen) atoms. The third-order valence-corrected chi connectivity index (χ3v) is 3.61. The molecule has 0 aliphatic rings. The Labute approximate surface area is 125 Å². The van der Waals surface area contributed by atoms with Crippen LogP contribution in [0, 0.1) is 0 Å². The molecule has 0 radical (unpaired) electrons. The van der Waals surface area contributed by atoms with Crippen molar-refractivity contribution in [1.82, 2.24) is 19.5 Å². The Kier molecular flexibility index (Phi) is 2.83. The van der Waals surface area contributed by atoms with E-state index in [9.17, 15) is 4.79 Å². The zero-order chi connectivity index (χ0) is 14.9. The van der Waals surface area contributed by atoms with Gasteiger partial charge >= 0.3 is 0 Å². The van der Waals surface area contributed by atoms with Crippen LogP contribution in [0.15, 0.2) is 72.2 Å². The minimum Gasteiger partial charge on any atom is -0.312 e. The number of pyridine rings is 1. The summed E-state index contributed by atoms with van der Waals surface area (Å²) in [5.74, 6) is 0. The molecule has 0 aliphatic heterocycles. The number of fused-ring (bicyclic) bond motifs is 1. The first-order valence-electron chi connectivity index (χ1n) is 6.89. The van der Waals surface area contributed by atoms with Crippen LogP contribution < -0.4 is 5.56 Å². The smallest absolute Gasteiger partial charge is 0.260 e. The van der Waals surface area contributed by atoms with Crippen LogP contribution in [-0.4, -0.2) is 19.5 Å². The first kappa shape index (κ1) is 12.5. The van der Waals surface area contributed by atoms with Crippen molar-refractivity contribution in [1.29, 1.82) is 0 Å². The van der Waals surface area contributed by atoms with E-state index in [1.54, 1.807) is 12.4 Å². The van der Waals surface area contributed by atoms with E-state index in [1.807, 2.05) is 53.2 Å². The van der Waals surface area contributed by atoms with E-state index in [0.29, 0.717) is 11.0 Å². The molecular weight excluding hydrogens is 276 g/mol. The number of aromatic nitrogens is 4. The third kappa shape index (κ3) is 1.91.